The first-order valence-electron chi connectivity index (χ1n) is 7.67. The van der Waals surface area contributed by atoms with Crippen LogP contribution in [0.4, 0.5) is 0 Å². The molecule has 1 fully saturated rings. The Kier molecular flexibility index (Phi) is 7.20. The minimum Gasteiger partial charge on any atom is -0.373 e. The van der Waals surface area contributed by atoms with Crippen LogP contribution in [0.2, 0.25) is 0 Å². The van der Waals surface area contributed by atoms with Crippen LogP contribution in [0.3, 0.4) is 0 Å². The highest BCUT2D eigenvalue weighted by Crippen LogP contribution is 2.15. The molecule has 1 saturated heterocycles. The van der Waals surface area contributed by atoms with Crippen LogP contribution in [0, 0.1) is 5.92 Å². The molecule has 4 atom stereocenters. The van der Waals surface area contributed by atoms with E-state index in [1.165, 1.54) is 12.8 Å². The molecular formula is C15H32N2O. The highest BCUT2D eigenvalue weighted by molar-refractivity contribution is 4.81. The molecule has 0 aliphatic carbocycles. The van der Waals surface area contributed by atoms with Gasteiger partial charge in [0, 0.05) is 25.7 Å². The number of nitrogens with zero attached hydrogens (tertiary/aromatic N) is 1. The van der Waals surface area contributed by atoms with Gasteiger partial charge >= 0.3 is 0 Å². The van der Waals surface area contributed by atoms with Crippen LogP contribution in [-0.4, -0.2) is 49.3 Å². The first-order chi connectivity index (χ1) is 8.56. The van der Waals surface area contributed by atoms with E-state index in [0.717, 1.165) is 32.1 Å². The summed E-state index contributed by atoms with van der Waals surface area (Å²) in [5, 5.41) is 3.71. The Bertz CT molecular complexity index is 213. The second-order valence-corrected chi connectivity index (χ2v) is 5.92. The van der Waals surface area contributed by atoms with Crippen molar-refractivity contribution in [3.05, 3.63) is 0 Å². The molecule has 2 unspecified atom stereocenters. The van der Waals surface area contributed by atoms with Crippen molar-refractivity contribution in [1.29, 1.82) is 0 Å². The number of nitrogens with one attached hydrogen (secondary N) is 1. The van der Waals surface area contributed by atoms with Crippen molar-refractivity contribution >= 4 is 0 Å². The highest BCUT2D eigenvalue weighted by atomic mass is 16.5. The van der Waals surface area contributed by atoms with Crippen molar-refractivity contribution in [3.8, 4) is 0 Å². The Balaban J connectivity index is 2.47. The summed E-state index contributed by atoms with van der Waals surface area (Å²) >= 11 is 0. The molecule has 1 heterocycles. The highest BCUT2D eigenvalue weighted by Gasteiger charge is 2.25. The second-order valence-electron chi connectivity index (χ2n) is 5.92. The third kappa shape index (κ3) is 5.25. The van der Waals surface area contributed by atoms with Crippen molar-refractivity contribution in [1.82, 2.24) is 10.2 Å². The monoisotopic (exact) mass is 256 g/mol. The molecule has 0 radical (unpaired) electrons. The normalized spacial score (nSPS) is 29.2. The van der Waals surface area contributed by atoms with E-state index in [0.29, 0.717) is 18.2 Å². The SMILES string of the molecule is CCCNC(CN1C[C@@H](C)O[C@@H](C)C1)C(C)CC. The molecule has 1 aliphatic rings. The Morgan fingerprint density at radius 1 is 1.22 bits per heavy atom. The standard InChI is InChI=1S/C15H32N2O/c1-6-8-16-15(12(3)7-2)11-17-9-13(4)18-14(5)10-17/h12-16H,6-11H2,1-5H3/t12?,13-,14+,15?. The molecule has 18 heavy (non-hydrogen) atoms. The van der Waals surface area contributed by atoms with Gasteiger partial charge in [-0.1, -0.05) is 27.2 Å². The maximum absolute atomic E-state index is 5.80. The fourth-order valence-corrected chi connectivity index (χ4v) is 2.77. The molecule has 0 spiro atoms. The molecule has 0 aromatic heterocycles. The largest absolute Gasteiger partial charge is 0.373 e. The van der Waals surface area contributed by atoms with Crippen LogP contribution in [0.5, 0.6) is 0 Å². The van der Waals surface area contributed by atoms with E-state index in [4.69, 9.17) is 4.74 Å². The predicted octanol–water partition coefficient (Wildman–Crippen LogP) is 2.51. The van der Waals surface area contributed by atoms with E-state index < -0.39 is 0 Å². The van der Waals surface area contributed by atoms with Gasteiger partial charge in [0.2, 0.25) is 0 Å². The van der Waals surface area contributed by atoms with Crippen LogP contribution in [-0.2, 0) is 4.74 Å². The molecule has 3 nitrogen and oxygen atoms in total. The fourth-order valence-electron chi connectivity index (χ4n) is 2.77. The summed E-state index contributed by atoms with van der Waals surface area (Å²) in [5.74, 6) is 0.741. The molecule has 0 aromatic rings. The van der Waals surface area contributed by atoms with Crippen LogP contribution >= 0.6 is 0 Å². The average molecular weight is 256 g/mol. The lowest BCUT2D eigenvalue weighted by molar-refractivity contribution is -0.0710. The van der Waals surface area contributed by atoms with Gasteiger partial charge in [-0.05, 0) is 32.7 Å². The van der Waals surface area contributed by atoms with E-state index in [1.807, 2.05) is 0 Å². The van der Waals surface area contributed by atoms with Gasteiger partial charge in [0.25, 0.3) is 0 Å². The van der Waals surface area contributed by atoms with Gasteiger partial charge < -0.3 is 10.1 Å². The number of hydrogen-bond donors (Lipinski definition) is 1. The van der Waals surface area contributed by atoms with Gasteiger partial charge in [0.1, 0.15) is 0 Å². The molecule has 108 valence electrons. The van der Waals surface area contributed by atoms with Crippen molar-refractivity contribution in [2.75, 3.05) is 26.2 Å². The first kappa shape index (κ1) is 15.9. The van der Waals surface area contributed by atoms with Gasteiger partial charge in [0.05, 0.1) is 12.2 Å². The lowest BCUT2D eigenvalue weighted by Gasteiger charge is -2.38. The predicted molar refractivity (Wildman–Crippen MR) is 78.0 cm³/mol. The molecule has 3 heteroatoms. The maximum atomic E-state index is 5.80. The van der Waals surface area contributed by atoms with Crippen molar-refractivity contribution in [3.63, 3.8) is 0 Å². The molecule has 0 amide bonds. The first-order valence-corrected chi connectivity index (χ1v) is 7.67. The Morgan fingerprint density at radius 2 is 1.83 bits per heavy atom. The zero-order valence-corrected chi connectivity index (χ0v) is 12.9. The lowest BCUT2D eigenvalue weighted by Crippen LogP contribution is -2.52. The molecule has 0 saturated carbocycles. The summed E-state index contributed by atoms with van der Waals surface area (Å²) in [4.78, 5) is 2.57. The Hall–Kier alpha value is -0.120. The molecule has 1 aliphatic heterocycles. The summed E-state index contributed by atoms with van der Waals surface area (Å²) in [6.07, 6.45) is 3.20. The fraction of sp³-hybridized carbons (Fsp3) is 1.00. The van der Waals surface area contributed by atoms with Crippen LogP contribution in [0.25, 0.3) is 0 Å². The summed E-state index contributed by atoms with van der Waals surface area (Å²) < 4.78 is 5.80. The van der Waals surface area contributed by atoms with Gasteiger partial charge in [-0.15, -0.1) is 0 Å². The topological polar surface area (TPSA) is 24.5 Å². The van der Waals surface area contributed by atoms with E-state index in [-0.39, 0.29) is 0 Å². The van der Waals surface area contributed by atoms with E-state index >= 15 is 0 Å². The molecule has 1 N–H and O–H groups in total. The third-order valence-electron chi connectivity index (χ3n) is 3.94. The summed E-state index contributed by atoms with van der Waals surface area (Å²) in [5.41, 5.74) is 0. The van der Waals surface area contributed by atoms with E-state index in [1.54, 1.807) is 0 Å². The third-order valence-corrected chi connectivity index (χ3v) is 3.94. The smallest absolute Gasteiger partial charge is 0.0678 e. The number of ether oxygens (including phenoxy) is 1. The zero-order valence-electron chi connectivity index (χ0n) is 12.9. The van der Waals surface area contributed by atoms with Gasteiger partial charge in [0.15, 0.2) is 0 Å². The molecule has 0 aromatic carbocycles. The lowest BCUT2D eigenvalue weighted by atomic mass is 9.98. The zero-order chi connectivity index (χ0) is 13.5. The maximum Gasteiger partial charge on any atom is 0.0678 e. The van der Waals surface area contributed by atoms with Crippen molar-refractivity contribution in [2.24, 2.45) is 5.92 Å². The Morgan fingerprint density at radius 3 is 2.33 bits per heavy atom. The summed E-state index contributed by atoms with van der Waals surface area (Å²) in [7, 11) is 0. The van der Waals surface area contributed by atoms with Crippen molar-refractivity contribution in [2.45, 2.75) is 65.7 Å². The molecule has 1 rings (SSSR count). The minimum atomic E-state index is 0.373. The van der Waals surface area contributed by atoms with Crippen LogP contribution in [0.1, 0.15) is 47.5 Å². The van der Waals surface area contributed by atoms with E-state index in [2.05, 4.69) is 44.8 Å². The number of morpholine rings is 1. The van der Waals surface area contributed by atoms with Crippen LogP contribution < -0.4 is 5.32 Å². The molecule has 0 bridgehead atoms. The van der Waals surface area contributed by atoms with Crippen molar-refractivity contribution < 1.29 is 4.74 Å². The Labute approximate surface area is 113 Å². The summed E-state index contributed by atoms with van der Waals surface area (Å²) in [6.45, 7) is 15.7. The van der Waals surface area contributed by atoms with Gasteiger partial charge in [-0.2, -0.15) is 0 Å². The van der Waals surface area contributed by atoms with E-state index in [9.17, 15) is 0 Å². The van der Waals surface area contributed by atoms with Gasteiger partial charge in [-0.25, -0.2) is 0 Å². The average Bonchev–Trinajstić information content (AvgIpc) is 2.32. The molecular weight excluding hydrogens is 224 g/mol. The van der Waals surface area contributed by atoms with Crippen LogP contribution in [0.15, 0.2) is 0 Å². The second kappa shape index (κ2) is 8.13. The van der Waals surface area contributed by atoms with Gasteiger partial charge in [-0.3, -0.25) is 4.90 Å². The minimum absolute atomic E-state index is 0.373. The quantitative estimate of drug-likeness (QED) is 0.757. The number of rotatable bonds is 7. The summed E-state index contributed by atoms with van der Waals surface area (Å²) in [6, 6.07) is 0.618. The number of hydrogen-bond acceptors (Lipinski definition) is 3.